The number of nitrogens with one attached hydrogen (secondary N) is 2. The first kappa shape index (κ1) is 17.5. The van der Waals surface area contributed by atoms with E-state index < -0.39 is 0 Å². The molecule has 0 bridgehead atoms. The van der Waals surface area contributed by atoms with Crippen molar-refractivity contribution in [1.82, 2.24) is 15.5 Å². The number of anilines is 2. The maximum Gasteiger partial charge on any atom is 0.251 e. The minimum atomic E-state index is -0.157. The number of rotatable bonds is 6. The van der Waals surface area contributed by atoms with Gasteiger partial charge < -0.3 is 15.1 Å². The van der Waals surface area contributed by atoms with E-state index in [0.717, 1.165) is 22.5 Å². The van der Waals surface area contributed by atoms with Gasteiger partial charge in [-0.05, 0) is 36.4 Å². The van der Waals surface area contributed by atoms with Crippen LogP contribution in [0.3, 0.4) is 0 Å². The first-order valence-electron chi connectivity index (χ1n) is 8.83. The zero-order valence-electron chi connectivity index (χ0n) is 15.0. The highest BCUT2D eigenvalue weighted by atomic mass is 16.3. The van der Waals surface area contributed by atoms with Gasteiger partial charge in [0.25, 0.3) is 5.91 Å². The highest BCUT2D eigenvalue weighted by molar-refractivity contribution is 5.95. The molecule has 2 N–H and O–H groups in total. The van der Waals surface area contributed by atoms with E-state index in [9.17, 15) is 4.79 Å². The number of hydrogen-bond donors (Lipinski definition) is 2. The van der Waals surface area contributed by atoms with Crippen LogP contribution in [-0.4, -0.2) is 16.1 Å². The molecule has 1 amide bonds. The second-order valence-corrected chi connectivity index (χ2v) is 6.19. The van der Waals surface area contributed by atoms with Crippen molar-refractivity contribution in [3.63, 3.8) is 0 Å². The second-order valence-electron chi connectivity index (χ2n) is 6.19. The van der Waals surface area contributed by atoms with Crippen LogP contribution >= 0.6 is 0 Å². The van der Waals surface area contributed by atoms with Crippen LogP contribution < -0.4 is 10.6 Å². The fourth-order valence-electron chi connectivity index (χ4n) is 2.73. The van der Waals surface area contributed by atoms with Gasteiger partial charge in [-0.1, -0.05) is 36.4 Å². The molecule has 0 saturated carbocycles. The molecule has 2 heterocycles. The topological polar surface area (TPSA) is 80.0 Å². The molecule has 4 rings (SSSR count). The molecule has 0 unspecified atom stereocenters. The molecule has 4 aromatic rings. The molecule has 6 heteroatoms. The fourth-order valence-corrected chi connectivity index (χ4v) is 2.73. The summed E-state index contributed by atoms with van der Waals surface area (Å²) in [6.07, 6.45) is 3.19. The van der Waals surface area contributed by atoms with Crippen LogP contribution in [0.15, 0.2) is 89.7 Å². The Kier molecular flexibility index (Phi) is 5.11. The third-order valence-electron chi connectivity index (χ3n) is 4.16. The van der Waals surface area contributed by atoms with Crippen LogP contribution in [0.1, 0.15) is 15.9 Å². The smallest absolute Gasteiger partial charge is 0.251 e. The zero-order valence-corrected chi connectivity index (χ0v) is 15.0. The Morgan fingerprint density at radius 2 is 1.82 bits per heavy atom. The van der Waals surface area contributed by atoms with Crippen molar-refractivity contribution in [2.75, 3.05) is 5.32 Å². The Balaban J connectivity index is 1.42. The number of aromatic nitrogens is 2. The SMILES string of the molecule is O=C(NCc1ccoc1)c1cccc(Nc2ccc(-c3ccccc3)nn2)c1. The van der Waals surface area contributed by atoms with Gasteiger partial charge in [0.15, 0.2) is 5.82 Å². The lowest BCUT2D eigenvalue weighted by molar-refractivity contribution is 0.0951. The predicted molar refractivity (Wildman–Crippen MR) is 107 cm³/mol. The molecule has 0 radical (unpaired) electrons. The number of carbonyl (C=O) groups is 1. The number of carbonyl (C=O) groups excluding carboxylic acids is 1. The third-order valence-corrected chi connectivity index (χ3v) is 4.16. The highest BCUT2D eigenvalue weighted by Crippen LogP contribution is 2.19. The molecular weight excluding hydrogens is 352 g/mol. The van der Waals surface area contributed by atoms with Crippen LogP contribution in [0.2, 0.25) is 0 Å². The summed E-state index contributed by atoms with van der Waals surface area (Å²) < 4.78 is 5.00. The summed E-state index contributed by atoms with van der Waals surface area (Å²) in [6, 6.07) is 22.7. The maximum atomic E-state index is 12.3. The Bertz CT molecular complexity index is 1050. The molecule has 2 aromatic heterocycles. The minimum absolute atomic E-state index is 0.157. The van der Waals surface area contributed by atoms with Crippen LogP contribution in [0, 0.1) is 0 Å². The van der Waals surface area contributed by atoms with E-state index in [1.165, 1.54) is 0 Å². The Morgan fingerprint density at radius 3 is 2.57 bits per heavy atom. The van der Waals surface area contributed by atoms with Gasteiger partial charge in [0.1, 0.15) is 0 Å². The number of benzene rings is 2. The monoisotopic (exact) mass is 370 g/mol. The number of amides is 1. The largest absolute Gasteiger partial charge is 0.472 e. The Hall–Kier alpha value is -3.93. The first-order chi connectivity index (χ1) is 13.8. The van der Waals surface area contributed by atoms with Gasteiger partial charge in [0.05, 0.1) is 18.2 Å². The van der Waals surface area contributed by atoms with Gasteiger partial charge >= 0.3 is 0 Å². The van der Waals surface area contributed by atoms with E-state index in [-0.39, 0.29) is 5.91 Å². The van der Waals surface area contributed by atoms with E-state index in [1.807, 2.05) is 60.7 Å². The molecule has 6 nitrogen and oxygen atoms in total. The normalized spacial score (nSPS) is 10.4. The van der Waals surface area contributed by atoms with Crippen LogP contribution in [0.5, 0.6) is 0 Å². The van der Waals surface area contributed by atoms with Crippen molar-refractivity contribution < 1.29 is 9.21 Å². The zero-order chi connectivity index (χ0) is 19.2. The average molecular weight is 370 g/mol. The minimum Gasteiger partial charge on any atom is -0.472 e. The summed E-state index contributed by atoms with van der Waals surface area (Å²) >= 11 is 0. The molecular formula is C22H18N4O2. The van der Waals surface area contributed by atoms with Crippen molar-refractivity contribution >= 4 is 17.4 Å². The lowest BCUT2D eigenvalue weighted by Crippen LogP contribution is -2.22. The molecule has 28 heavy (non-hydrogen) atoms. The second kappa shape index (κ2) is 8.18. The van der Waals surface area contributed by atoms with Gasteiger partial charge in [-0.3, -0.25) is 4.79 Å². The van der Waals surface area contributed by atoms with Gasteiger partial charge in [-0.25, -0.2) is 0 Å². The van der Waals surface area contributed by atoms with Crippen molar-refractivity contribution in [1.29, 1.82) is 0 Å². The number of nitrogens with zero attached hydrogens (tertiary/aromatic N) is 2. The van der Waals surface area contributed by atoms with Crippen LogP contribution in [-0.2, 0) is 6.54 Å². The summed E-state index contributed by atoms with van der Waals surface area (Å²) in [7, 11) is 0. The predicted octanol–water partition coefficient (Wildman–Crippen LogP) is 4.41. The molecule has 0 fully saturated rings. The maximum absolute atomic E-state index is 12.3. The molecule has 0 aliphatic heterocycles. The fraction of sp³-hybridized carbons (Fsp3) is 0.0455. The summed E-state index contributed by atoms with van der Waals surface area (Å²) in [5.41, 5.74) is 4.05. The van der Waals surface area contributed by atoms with Crippen molar-refractivity contribution in [3.05, 3.63) is 96.4 Å². The quantitative estimate of drug-likeness (QED) is 0.525. The molecule has 0 spiro atoms. The van der Waals surface area contributed by atoms with Crippen LogP contribution in [0.25, 0.3) is 11.3 Å². The molecule has 0 atom stereocenters. The van der Waals surface area contributed by atoms with E-state index in [1.54, 1.807) is 24.7 Å². The number of hydrogen-bond acceptors (Lipinski definition) is 5. The summed E-state index contributed by atoms with van der Waals surface area (Å²) in [6.45, 7) is 0.416. The van der Waals surface area contributed by atoms with E-state index >= 15 is 0 Å². The van der Waals surface area contributed by atoms with Crippen molar-refractivity contribution in [2.24, 2.45) is 0 Å². The lowest BCUT2D eigenvalue weighted by atomic mass is 10.1. The highest BCUT2D eigenvalue weighted by Gasteiger charge is 2.07. The van der Waals surface area contributed by atoms with E-state index in [4.69, 9.17) is 4.42 Å². The summed E-state index contributed by atoms with van der Waals surface area (Å²) in [5, 5.41) is 14.5. The molecule has 0 aliphatic carbocycles. The van der Waals surface area contributed by atoms with Gasteiger partial charge in [0, 0.05) is 28.9 Å². The molecule has 0 aliphatic rings. The first-order valence-corrected chi connectivity index (χ1v) is 8.83. The Labute approximate surface area is 162 Å². The van der Waals surface area contributed by atoms with Crippen molar-refractivity contribution in [3.8, 4) is 11.3 Å². The molecule has 138 valence electrons. The summed E-state index contributed by atoms with van der Waals surface area (Å²) in [5.74, 6) is 0.450. The standard InChI is InChI=1S/C22H18N4O2/c27-22(23-14-16-11-12-28-15-16)18-7-4-8-19(13-18)24-21-10-9-20(25-26-21)17-5-2-1-3-6-17/h1-13,15H,14H2,(H,23,27)(H,24,26). The van der Waals surface area contributed by atoms with Gasteiger partial charge in [-0.15, -0.1) is 10.2 Å². The number of furan rings is 1. The van der Waals surface area contributed by atoms with Gasteiger partial charge in [-0.2, -0.15) is 0 Å². The van der Waals surface area contributed by atoms with Crippen molar-refractivity contribution in [2.45, 2.75) is 6.54 Å². The Morgan fingerprint density at radius 1 is 0.929 bits per heavy atom. The van der Waals surface area contributed by atoms with Crippen LogP contribution in [0.4, 0.5) is 11.5 Å². The molecule has 2 aromatic carbocycles. The average Bonchev–Trinajstić information content (AvgIpc) is 3.27. The molecule has 0 saturated heterocycles. The lowest BCUT2D eigenvalue weighted by Gasteiger charge is -2.08. The van der Waals surface area contributed by atoms with Gasteiger partial charge in [0.2, 0.25) is 0 Å². The summed E-state index contributed by atoms with van der Waals surface area (Å²) in [4.78, 5) is 12.3. The van der Waals surface area contributed by atoms with E-state index in [0.29, 0.717) is 17.9 Å². The third kappa shape index (κ3) is 4.24. The van der Waals surface area contributed by atoms with E-state index in [2.05, 4.69) is 20.8 Å².